The molecule has 544 valence electrons. The molecule has 22 rings (SSSR count). The van der Waals surface area contributed by atoms with E-state index in [-0.39, 0.29) is 0 Å². The zero-order valence-electron chi connectivity index (χ0n) is 62.6. The second kappa shape index (κ2) is 30.5. The lowest BCUT2D eigenvalue weighted by Gasteiger charge is -2.26. The highest BCUT2D eigenvalue weighted by atomic mass is 79.9. The van der Waals surface area contributed by atoms with Crippen molar-refractivity contribution in [2.24, 2.45) is 0 Å². The summed E-state index contributed by atoms with van der Waals surface area (Å²) in [6, 6.07) is 155. The zero-order chi connectivity index (χ0) is 76.5. The number of rotatable bonds is 13. The average molecular weight is 1540 g/mol. The van der Waals surface area contributed by atoms with Crippen LogP contribution in [0.3, 0.4) is 0 Å². The van der Waals surface area contributed by atoms with Crippen molar-refractivity contribution < 1.29 is 8.83 Å². The molecule has 0 saturated heterocycles. The Bertz CT molecular complexity index is 7160. The highest BCUT2D eigenvalue weighted by molar-refractivity contribution is 9.10. The van der Waals surface area contributed by atoms with Crippen LogP contribution in [-0.4, -0.2) is 9.13 Å². The van der Waals surface area contributed by atoms with Crippen LogP contribution in [0.1, 0.15) is 0 Å². The molecule has 0 atom stereocenters. The summed E-state index contributed by atoms with van der Waals surface area (Å²) in [4.78, 5) is 2.33. The molecule has 4 aromatic heterocycles. The van der Waals surface area contributed by atoms with Crippen LogP contribution in [0.5, 0.6) is 0 Å². The molecule has 18 aromatic carbocycles. The van der Waals surface area contributed by atoms with Crippen LogP contribution >= 0.6 is 15.9 Å². The normalized spacial score (nSPS) is 11.3. The van der Waals surface area contributed by atoms with Gasteiger partial charge in [0.1, 0.15) is 22.3 Å². The first kappa shape index (κ1) is 69.4. The summed E-state index contributed by atoms with van der Waals surface area (Å²) in [7, 11) is 0. The Balaban J connectivity index is 0.000000124. The van der Waals surface area contributed by atoms with Gasteiger partial charge >= 0.3 is 0 Å². The van der Waals surface area contributed by atoms with Gasteiger partial charge in [-0.25, -0.2) is 0 Å². The van der Waals surface area contributed by atoms with Crippen molar-refractivity contribution in [1.82, 2.24) is 9.13 Å². The Morgan fingerprint density at radius 3 is 0.826 bits per heavy atom. The van der Waals surface area contributed by atoms with Crippen LogP contribution in [0, 0.1) is 0 Å². The van der Waals surface area contributed by atoms with E-state index in [4.69, 9.17) is 8.83 Å². The summed E-state index contributed by atoms with van der Waals surface area (Å²) in [5.41, 5.74) is 30.5. The van der Waals surface area contributed by atoms with E-state index in [9.17, 15) is 0 Å². The lowest BCUT2D eigenvalue weighted by atomic mass is 10.0. The molecule has 0 amide bonds. The molecule has 0 aliphatic carbocycles. The minimum atomic E-state index is 0.901. The minimum absolute atomic E-state index is 0.901. The van der Waals surface area contributed by atoms with Gasteiger partial charge in [0.15, 0.2) is 0 Å². The van der Waals surface area contributed by atoms with Crippen LogP contribution in [0.15, 0.2) is 450 Å². The van der Waals surface area contributed by atoms with E-state index in [2.05, 4.69) is 436 Å². The molecule has 0 unspecified atom stereocenters. The number of aromatic nitrogens is 2. The highest BCUT2D eigenvalue weighted by Crippen LogP contribution is 2.42. The Morgan fingerprint density at radius 2 is 0.461 bits per heavy atom. The van der Waals surface area contributed by atoms with E-state index in [1.807, 2.05) is 36.4 Å². The molecule has 0 saturated carbocycles. The first-order valence-electron chi connectivity index (χ1n) is 38.9. The summed E-state index contributed by atoms with van der Waals surface area (Å²) in [6.45, 7) is 0. The van der Waals surface area contributed by atoms with Crippen molar-refractivity contribution in [1.29, 1.82) is 0 Å². The summed E-state index contributed by atoms with van der Waals surface area (Å²) in [5.74, 6) is 0. The van der Waals surface area contributed by atoms with Gasteiger partial charge in [0.05, 0.1) is 22.1 Å². The first-order chi connectivity index (χ1) is 56.9. The summed E-state index contributed by atoms with van der Waals surface area (Å²) < 4.78 is 18.1. The van der Waals surface area contributed by atoms with Crippen LogP contribution in [0.2, 0.25) is 0 Å². The van der Waals surface area contributed by atoms with Crippen molar-refractivity contribution in [3.8, 4) is 78.1 Å². The summed E-state index contributed by atoms with van der Waals surface area (Å²) in [5, 5.41) is 13.2. The highest BCUT2D eigenvalue weighted by Gasteiger charge is 2.19. The number of anilines is 5. The standard InChI is InChI=1S/C54H36N2O.C30H21NO.C24H16BrN/c1-2-11-37(12-3-1)38-21-28-43(29-22-38)55(45-32-25-40(26-33-45)42-27-34-50-49-17-6-9-20-53(49)57-54(50)36-42)44-30-23-39(24-31-44)41-13-10-14-46(35-41)56-51-18-7-4-15-47(51)48-16-5-8-19-52(48)56;1-2-6-21(7-3-1)22-10-15-25(16-11-22)31-26-17-12-23(13-18-26)24-14-19-28-27-8-4-5-9-29(27)32-30(28)20-24;25-19-14-12-17(13-15-19)18-6-5-7-20(16-18)26-23-10-3-1-8-21(23)22-9-2-4-11-24(22)26/h1-36H;1-20,31H;1-16H. The molecule has 4 heterocycles. The predicted molar refractivity (Wildman–Crippen MR) is 487 cm³/mol. The van der Waals surface area contributed by atoms with E-state index in [1.54, 1.807) is 0 Å². The maximum atomic E-state index is 6.23. The van der Waals surface area contributed by atoms with Crippen molar-refractivity contribution in [3.05, 3.63) is 441 Å². The molecule has 22 aromatic rings. The number of halogens is 1. The van der Waals surface area contributed by atoms with Gasteiger partial charge in [-0.3, -0.25) is 0 Å². The van der Waals surface area contributed by atoms with E-state index in [1.165, 1.54) is 88.2 Å². The van der Waals surface area contributed by atoms with Gasteiger partial charge in [0, 0.05) is 87.4 Å². The second-order valence-electron chi connectivity index (χ2n) is 29.0. The summed E-state index contributed by atoms with van der Waals surface area (Å²) in [6.07, 6.45) is 0. The fourth-order valence-corrected chi connectivity index (χ4v) is 16.5. The van der Waals surface area contributed by atoms with E-state index < -0.39 is 0 Å². The molecule has 0 aliphatic heterocycles. The van der Waals surface area contributed by atoms with Gasteiger partial charge in [0.25, 0.3) is 0 Å². The fraction of sp³-hybridized carbons (Fsp3) is 0. The Morgan fingerprint density at radius 1 is 0.200 bits per heavy atom. The number of nitrogens with one attached hydrogen (secondary N) is 1. The Labute approximate surface area is 674 Å². The lowest BCUT2D eigenvalue weighted by Crippen LogP contribution is -2.09. The maximum absolute atomic E-state index is 6.23. The van der Waals surface area contributed by atoms with Gasteiger partial charge in [0.2, 0.25) is 0 Å². The predicted octanol–water partition coefficient (Wildman–Crippen LogP) is 31.0. The van der Waals surface area contributed by atoms with E-state index in [0.29, 0.717) is 0 Å². The number of furan rings is 2. The minimum Gasteiger partial charge on any atom is -0.456 e. The van der Waals surface area contributed by atoms with E-state index >= 15 is 0 Å². The molecular formula is C108H73BrN4O2. The lowest BCUT2D eigenvalue weighted by molar-refractivity contribution is 0.668. The molecule has 0 radical (unpaired) electrons. The number of nitrogens with zero attached hydrogens (tertiary/aromatic N) is 3. The van der Waals surface area contributed by atoms with Gasteiger partial charge in [-0.2, -0.15) is 0 Å². The molecule has 0 bridgehead atoms. The van der Waals surface area contributed by atoms with Crippen molar-refractivity contribution in [2.45, 2.75) is 0 Å². The van der Waals surface area contributed by atoms with Crippen LogP contribution in [-0.2, 0) is 0 Å². The molecule has 0 fully saturated rings. The van der Waals surface area contributed by atoms with Gasteiger partial charge in [-0.1, -0.05) is 295 Å². The summed E-state index contributed by atoms with van der Waals surface area (Å²) >= 11 is 3.51. The number of para-hydroxylation sites is 6. The van der Waals surface area contributed by atoms with Crippen LogP contribution < -0.4 is 10.2 Å². The molecule has 7 heteroatoms. The van der Waals surface area contributed by atoms with Crippen LogP contribution in [0.4, 0.5) is 28.4 Å². The third-order valence-corrected chi connectivity index (χ3v) is 22.5. The molecule has 115 heavy (non-hydrogen) atoms. The topological polar surface area (TPSA) is 51.4 Å². The van der Waals surface area contributed by atoms with Crippen molar-refractivity contribution >= 4 is 132 Å². The smallest absolute Gasteiger partial charge is 0.136 e. The number of fused-ring (bicyclic) bond motifs is 12. The molecule has 0 spiro atoms. The van der Waals surface area contributed by atoms with Gasteiger partial charge in [-0.15, -0.1) is 0 Å². The van der Waals surface area contributed by atoms with Crippen molar-refractivity contribution in [3.63, 3.8) is 0 Å². The molecule has 0 aliphatic rings. The largest absolute Gasteiger partial charge is 0.456 e. The van der Waals surface area contributed by atoms with Gasteiger partial charge < -0.3 is 28.2 Å². The number of benzene rings is 18. The quantitative estimate of drug-likeness (QED) is 0.125. The fourth-order valence-electron chi connectivity index (χ4n) is 16.3. The molecular weight excluding hydrogens is 1470 g/mol. The van der Waals surface area contributed by atoms with Gasteiger partial charge in [-0.05, 0) is 224 Å². The third kappa shape index (κ3) is 13.7. The Kier molecular flexibility index (Phi) is 18.4. The van der Waals surface area contributed by atoms with E-state index in [0.717, 1.165) is 110 Å². The average Bonchev–Trinajstić information content (AvgIpc) is 1.62. The third-order valence-electron chi connectivity index (χ3n) is 22.0. The monoisotopic (exact) mass is 1540 g/mol. The number of hydrogen-bond donors (Lipinski definition) is 1. The molecule has 1 N–H and O–H groups in total. The molecule has 6 nitrogen and oxygen atoms in total. The maximum Gasteiger partial charge on any atom is 0.136 e. The Hall–Kier alpha value is -14.8. The SMILES string of the molecule is Brc1ccc(-c2cccc(-n3c4ccccc4c4ccccc43)c2)cc1.c1ccc(-c2ccc(N(c3ccc(-c4cccc(-n5c6ccccc6c6ccccc65)c4)cc3)c3ccc(-c4ccc5c(c4)oc4ccccc45)cc3)cc2)cc1.c1ccc(-c2ccc(Nc3ccc(-c4ccc5c(c4)oc4ccccc45)cc3)cc2)cc1. The van der Waals surface area contributed by atoms with Crippen molar-refractivity contribution in [2.75, 3.05) is 10.2 Å². The van der Waals surface area contributed by atoms with Crippen LogP contribution in [0.25, 0.3) is 166 Å². The second-order valence-corrected chi connectivity index (χ2v) is 29.9. The zero-order valence-corrected chi connectivity index (χ0v) is 64.2. The number of hydrogen-bond acceptors (Lipinski definition) is 4. The first-order valence-corrected chi connectivity index (χ1v) is 39.6.